The van der Waals surface area contributed by atoms with E-state index < -0.39 is 0 Å². The van der Waals surface area contributed by atoms with Crippen molar-refractivity contribution in [1.29, 1.82) is 0 Å². The minimum Gasteiger partial charge on any atom is -0.300 e. The van der Waals surface area contributed by atoms with Gasteiger partial charge in [0, 0.05) is 24.5 Å². The SMILES string of the molecule is CC(C)CN(CC(CBr)C(C)C)C1CCCC1. The van der Waals surface area contributed by atoms with Gasteiger partial charge in [-0.15, -0.1) is 0 Å². The maximum atomic E-state index is 3.69. The van der Waals surface area contributed by atoms with Gasteiger partial charge in [-0.3, -0.25) is 4.90 Å². The maximum Gasteiger partial charge on any atom is 0.00954 e. The van der Waals surface area contributed by atoms with Gasteiger partial charge in [0.15, 0.2) is 0 Å². The molecule has 0 heterocycles. The number of alkyl halides is 1. The van der Waals surface area contributed by atoms with Crippen molar-refractivity contribution >= 4 is 15.9 Å². The second-order valence-electron chi connectivity index (χ2n) is 6.44. The summed E-state index contributed by atoms with van der Waals surface area (Å²) < 4.78 is 0. The number of hydrogen-bond donors (Lipinski definition) is 0. The fraction of sp³-hybridized carbons (Fsp3) is 1.00. The third kappa shape index (κ3) is 5.30. The Bertz CT molecular complexity index is 197. The topological polar surface area (TPSA) is 3.24 Å². The van der Waals surface area contributed by atoms with Crippen LogP contribution in [0.25, 0.3) is 0 Å². The molecule has 1 nitrogen and oxygen atoms in total. The summed E-state index contributed by atoms with van der Waals surface area (Å²) in [5.74, 6) is 2.37. The first kappa shape index (κ1) is 15.5. The first-order chi connectivity index (χ1) is 8.04. The van der Waals surface area contributed by atoms with Gasteiger partial charge < -0.3 is 0 Å². The summed E-state index contributed by atoms with van der Waals surface area (Å²) in [4.78, 5) is 2.78. The molecule has 0 aromatic heterocycles. The van der Waals surface area contributed by atoms with Crippen molar-refractivity contribution in [2.75, 3.05) is 18.4 Å². The molecule has 0 N–H and O–H groups in total. The van der Waals surface area contributed by atoms with Gasteiger partial charge in [-0.05, 0) is 30.6 Å². The lowest BCUT2D eigenvalue weighted by Gasteiger charge is -2.34. The molecular formula is C15H30BrN. The molecule has 102 valence electrons. The van der Waals surface area contributed by atoms with Crippen LogP contribution in [0, 0.1) is 17.8 Å². The standard InChI is InChI=1S/C15H30BrN/c1-12(2)10-17(15-7-5-6-8-15)11-14(9-16)13(3)4/h12-15H,5-11H2,1-4H3. The van der Waals surface area contributed by atoms with Crippen molar-refractivity contribution in [3.05, 3.63) is 0 Å². The quantitative estimate of drug-likeness (QED) is 0.624. The third-order valence-electron chi connectivity index (χ3n) is 4.05. The Morgan fingerprint density at radius 3 is 2.06 bits per heavy atom. The highest BCUT2D eigenvalue weighted by atomic mass is 79.9. The third-order valence-corrected chi connectivity index (χ3v) is 4.88. The Balaban J connectivity index is 2.55. The number of hydrogen-bond acceptors (Lipinski definition) is 1. The molecule has 0 saturated heterocycles. The van der Waals surface area contributed by atoms with Crippen LogP contribution in [-0.2, 0) is 0 Å². The zero-order valence-corrected chi connectivity index (χ0v) is 13.7. The average Bonchev–Trinajstić information content (AvgIpc) is 2.76. The van der Waals surface area contributed by atoms with Crippen LogP contribution in [0.1, 0.15) is 53.4 Å². The molecule has 1 aliphatic rings. The van der Waals surface area contributed by atoms with Crippen molar-refractivity contribution in [3.63, 3.8) is 0 Å². The smallest absolute Gasteiger partial charge is 0.00954 e. The molecule has 1 fully saturated rings. The van der Waals surface area contributed by atoms with Gasteiger partial charge in [-0.1, -0.05) is 56.5 Å². The molecule has 1 saturated carbocycles. The van der Waals surface area contributed by atoms with Gasteiger partial charge in [0.1, 0.15) is 0 Å². The van der Waals surface area contributed by atoms with E-state index in [0.29, 0.717) is 0 Å². The molecule has 1 atom stereocenters. The van der Waals surface area contributed by atoms with Crippen molar-refractivity contribution in [2.45, 2.75) is 59.4 Å². The fourth-order valence-electron chi connectivity index (χ4n) is 2.85. The van der Waals surface area contributed by atoms with Crippen molar-refractivity contribution in [1.82, 2.24) is 4.90 Å². The predicted octanol–water partition coefficient (Wildman–Crippen LogP) is 4.55. The van der Waals surface area contributed by atoms with Gasteiger partial charge in [-0.2, -0.15) is 0 Å². The molecule has 0 aromatic rings. The number of nitrogens with zero attached hydrogens (tertiary/aromatic N) is 1. The van der Waals surface area contributed by atoms with Crippen LogP contribution >= 0.6 is 15.9 Å². The van der Waals surface area contributed by atoms with E-state index in [0.717, 1.165) is 29.1 Å². The summed E-state index contributed by atoms with van der Waals surface area (Å²) in [6, 6.07) is 0.873. The zero-order chi connectivity index (χ0) is 12.8. The van der Waals surface area contributed by atoms with Crippen LogP contribution in [0.4, 0.5) is 0 Å². The Morgan fingerprint density at radius 2 is 1.65 bits per heavy atom. The minimum absolute atomic E-state index is 0.783. The van der Waals surface area contributed by atoms with Gasteiger partial charge in [0.2, 0.25) is 0 Å². The molecule has 1 rings (SSSR count). The lowest BCUT2D eigenvalue weighted by Crippen LogP contribution is -2.41. The van der Waals surface area contributed by atoms with Gasteiger partial charge >= 0.3 is 0 Å². The second-order valence-corrected chi connectivity index (χ2v) is 7.09. The molecule has 0 amide bonds. The molecule has 1 aliphatic carbocycles. The predicted molar refractivity (Wildman–Crippen MR) is 80.8 cm³/mol. The molecule has 2 heteroatoms. The maximum absolute atomic E-state index is 3.69. The molecular weight excluding hydrogens is 274 g/mol. The first-order valence-electron chi connectivity index (χ1n) is 7.34. The summed E-state index contributed by atoms with van der Waals surface area (Å²) in [5, 5.41) is 1.14. The Hall–Kier alpha value is 0.440. The summed E-state index contributed by atoms with van der Waals surface area (Å²) in [6.07, 6.45) is 5.75. The normalized spacial score (nSPS) is 19.8. The monoisotopic (exact) mass is 303 g/mol. The molecule has 17 heavy (non-hydrogen) atoms. The lowest BCUT2D eigenvalue weighted by atomic mass is 9.96. The van der Waals surface area contributed by atoms with Crippen LogP contribution in [0.5, 0.6) is 0 Å². The highest BCUT2D eigenvalue weighted by molar-refractivity contribution is 9.09. The van der Waals surface area contributed by atoms with Crippen molar-refractivity contribution < 1.29 is 0 Å². The van der Waals surface area contributed by atoms with E-state index in [2.05, 4.69) is 48.5 Å². The Labute approximate surface area is 116 Å². The van der Waals surface area contributed by atoms with Crippen LogP contribution in [0.15, 0.2) is 0 Å². The highest BCUT2D eigenvalue weighted by Crippen LogP contribution is 2.26. The zero-order valence-electron chi connectivity index (χ0n) is 12.1. The van der Waals surface area contributed by atoms with Gasteiger partial charge in [0.05, 0.1) is 0 Å². The fourth-order valence-corrected chi connectivity index (χ4v) is 3.80. The van der Waals surface area contributed by atoms with E-state index in [1.807, 2.05) is 0 Å². The lowest BCUT2D eigenvalue weighted by molar-refractivity contribution is 0.142. The summed E-state index contributed by atoms with van der Waals surface area (Å²) in [7, 11) is 0. The van der Waals surface area contributed by atoms with Gasteiger partial charge in [-0.25, -0.2) is 0 Å². The average molecular weight is 304 g/mol. The Morgan fingerprint density at radius 1 is 1.06 bits per heavy atom. The summed E-state index contributed by atoms with van der Waals surface area (Å²) in [6.45, 7) is 12.0. The Kier molecular flexibility index (Phi) is 7.10. The van der Waals surface area contributed by atoms with E-state index in [1.54, 1.807) is 0 Å². The molecule has 0 aliphatic heterocycles. The molecule has 0 radical (unpaired) electrons. The van der Waals surface area contributed by atoms with Crippen LogP contribution in [0.3, 0.4) is 0 Å². The van der Waals surface area contributed by atoms with Crippen LogP contribution < -0.4 is 0 Å². The number of halogens is 1. The largest absolute Gasteiger partial charge is 0.300 e. The molecule has 0 bridgehead atoms. The van der Waals surface area contributed by atoms with Crippen molar-refractivity contribution in [3.8, 4) is 0 Å². The van der Waals surface area contributed by atoms with Crippen molar-refractivity contribution in [2.24, 2.45) is 17.8 Å². The number of rotatable bonds is 7. The summed E-state index contributed by atoms with van der Waals surface area (Å²) in [5.41, 5.74) is 0. The van der Waals surface area contributed by atoms with E-state index in [9.17, 15) is 0 Å². The molecule has 0 spiro atoms. The van der Waals surface area contributed by atoms with E-state index in [-0.39, 0.29) is 0 Å². The van der Waals surface area contributed by atoms with Crippen LogP contribution in [-0.4, -0.2) is 29.4 Å². The van der Waals surface area contributed by atoms with E-state index in [4.69, 9.17) is 0 Å². The minimum atomic E-state index is 0.783. The summed E-state index contributed by atoms with van der Waals surface area (Å²) >= 11 is 3.69. The van der Waals surface area contributed by atoms with Gasteiger partial charge in [0.25, 0.3) is 0 Å². The first-order valence-corrected chi connectivity index (χ1v) is 8.46. The van der Waals surface area contributed by atoms with E-state index >= 15 is 0 Å². The molecule has 0 aromatic carbocycles. The highest BCUT2D eigenvalue weighted by Gasteiger charge is 2.26. The molecule has 1 unspecified atom stereocenters. The second kappa shape index (κ2) is 7.78. The van der Waals surface area contributed by atoms with Crippen LogP contribution in [0.2, 0.25) is 0 Å². The van der Waals surface area contributed by atoms with E-state index in [1.165, 1.54) is 38.8 Å².